The van der Waals surface area contributed by atoms with Crippen LogP contribution in [-0.2, 0) is 0 Å². The van der Waals surface area contributed by atoms with Crippen LogP contribution in [0.25, 0.3) is 0 Å². The van der Waals surface area contributed by atoms with Gasteiger partial charge < -0.3 is 10.4 Å². The smallest absolute Gasteiger partial charge is 0.0595 e. The number of rotatable bonds is 4. The number of benzene rings is 1. The van der Waals surface area contributed by atoms with Crippen LogP contribution in [0.2, 0.25) is 10.0 Å². The fraction of sp³-hybridized carbons (Fsp3) is 0.600. The summed E-state index contributed by atoms with van der Waals surface area (Å²) in [5.74, 6) is 0. The maximum atomic E-state index is 9.78. The van der Waals surface area contributed by atoms with Crippen molar-refractivity contribution >= 4 is 23.2 Å². The number of hydrogen-bond donors (Lipinski definition) is 2. The van der Waals surface area contributed by atoms with Crippen molar-refractivity contribution < 1.29 is 5.11 Å². The predicted molar refractivity (Wildman–Crippen MR) is 84.5 cm³/mol. The Hall–Kier alpha value is -0.320. The molecule has 1 aromatic carbocycles. The van der Waals surface area contributed by atoms with Crippen LogP contribution in [0.4, 0.5) is 0 Å². The van der Waals surface area contributed by atoms with E-state index in [1.807, 2.05) is 18.2 Å². The highest BCUT2D eigenvalue weighted by molar-refractivity contribution is 6.42. The van der Waals surface area contributed by atoms with Gasteiger partial charge in [-0.3, -0.25) is 4.90 Å². The molecule has 1 aromatic rings. The maximum Gasteiger partial charge on any atom is 0.0595 e. The topological polar surface area (TPSA) is 35.5 Å². The second-order valence-electron chi connectivity index (χ2n) is 6.01. The Morgan fingerprint density at radius 1 is 1.25 bits per heavy atom. The lowest BCUT2D eigenvalue weighted by Gasteiger charge is -2.43. The Labute approximate surface area is 130 Å². The van der Waals surface area contributed by atoms with Gasteiger partial charge in [0.15, 0.2) is 0 Å². The molecule has 2 rings (SSSR count). The summed E-state index contributed by atoms with van der Waals surface area (Å²) >= 11 is 12.2. The molecule has 3 nitrogen and oxygen atoms in total. The van der Waals surface area contributed by atoms with E-state index in [4.69, 9.17) is 23.2 Å². The van der Waals surface area contributed by atoms with Gasteiger partial charge in [0.2, 0.25) is 0 Å². The summed E-state index contributed by atoms with van der Waals surface area (Å²) in [7, 11) is 0. The van der Waals surface area contributed by atoms with Crippen LogP contribution in [0, 0.1) is 5.41 Å². The van der Waals surface area contributed by atoms with Crippen LogP contribution in [0.3, 0.4) is 0 Å². The van der Waals surface area contributed by atoms with Gasteiger partial charge in [-0.1, -0.05) is 43.1 Å². The summed E-state index contributed by atoms with van der Waals surface area (Å²) in [6.07, 6.45) is 0. The molecule has 0 unspecified atom stereocenters. The second kappa shape index (κ2) is 6.63. The van der Waals surface area contributed by atoms with Gasteiger partial charge in [0, 0.05) is 44.2 Å². The quantitative estimate of drug-likeness (QED) is 0.896. The normalized spacial score (nSPS) is 19.1. The average Bonchev–Trinajstić information content (AvgIpc) is 2.44. The zero-order valence-electron chi connectivity index (χ0n) is 12.0. The number of piperazine rings is 1. The van der Waals surface area contributed by atoms with Gasteiger partial charge in [0.1, 0.15) is 0 Å². The van der Waals surface area contributed by atoms with Gasteiger partial charge in [-0.05, 0) is 17.7 Å². The number of aliphatic hydroxyl groups is 1. The molecule has 0 amide bonds. The highest BCUT2D eigenvalue weighted by Crippen LogP contribution is 2.40. The third-order valence-electron chi connectivity index (χ3n) is 3.92. The van der Waals surface area contributed by atoms with E-state index in [1.54, 1.807) is 0 Å². The number of nitrogens with zero attached hydrogens (tertiary/aromatic N) is 1. The van der Waals surface area contributed by atoms with Gasteiger partial charge in [-0.15, -0.1) is 0 Å². The van der Waals surface area contributed by atoms with Crippen molar-refractivity contribution in [1.29, 1.82) is 0 Å². The van der Waals surface area contributed by atoms with Crippen LogP contribution in [0.5, 0.6) is 0 Å². The van der Waals surface area contributed by atoms with Gasteiger partial charge in [-0.25, -0.2) is 0 Å². The highest BCUT2D eigenvalue weighted by atomic mass is 35.5. The third kappa shape index (κ3) is 3.46. The third-order valence-corrected chi connectivity index (χ3v) is 4.66. The summed E-state index contributed by atoms with van der Waals surface area (Å²) in [6, 6.07) is 5.90. The molecule has 0 bridgehead atoms. The van der Waals surface area contributed by atoms with E-state index in [0.717, 1.165) is 31.7 Å². The van der Waals surface area contributed by atoms with Crippen molar-refractivity contribution in [2.45, 2.75) is 19.9 Å². The standard InChI is InChI=1S/C15H22Cl2N2O/c1-15(2,10-20)14(19-7-5-18-6-8-19)11-3-4-12(16)13(17)9-11/h3-4,9,14,18,20H,5-8,10H2,1-2H3/t14-/m1/s1. The molecule has 1 saturated heterocycles. The predicted octanol–water partition coefficient (Wildman–Crippen LogP) is 2.96. The van der Waals surface area contributed by atoms with Crippen molar-refractivity contribution in [3.63, 3.8) is 0 Å². The average molecular weight is 317 g/mol. The molecule has 0 radical (unpaired) electrons. The summed E-state index contributed by atoms with van der Waals surface area (Å²) in [5.41, 5.74) is 0.870. The highest BCUT2D eigenvalue weighted by Gasteiger charge is 2.35. The minimum absolute atomic E-state index is 0.127. The molecule has 0 aliphatic carbocycles. The summed E-state index contributed by atoms with van der Waals surface area (Å²) in [4.78, 5) is 2.41. The van der Waals surface area contributed by atoms with Crippen molar-refractivity contribution in [3.05, 3.63) is 33.8 Å². The largest absolute Gasteiger partial charge is 0.396 e. The van der Waals surface area contributed by atoms with Crippen LogP contribution in [-0.4, -0.2) is 42.8 Å². The van der Waals surface area contributed by atoms with Gasteiger partial charge in [0.25, 0.3) is 0 Å². The number of nitrogens with one attached hydrogen (secondary N) is 1. The molecule has 1 aliphatic rings. The molecule has 5 heteroatoms. The van der Waals surface area contributed by atoms with Crippen molar-refractivity contribution in [3.8, 4) is 0 Å². The molecule has 0 saturated carbocycles. The first-order valence-electron chi connectivity index (χ1n) is 6.96. The monoisotopic (exact) mass is 316 g/mol. The summed E-state index contributed by atoms with van der Waals surface area (Å²) < 4.78 is 0. The minimum Gasteiger partial charge on any atom is -0.396 e. The fourth-order valence-electron chi connectivity index (χ4n) is 2.87. The van der Waals surface area contributed by atoms with E-state index < -0.39 is 0 Å². The number of halogens is 2. The molecule has 0 spiro atoms. The zero-order chi connectivity index (χ0) is 14.8. The Morgan fingerprint density at radius 2 is 1.90 bits per heavy atom. The molecule has 1 atom stereocenters. The first-order chi connectivity index (χ1) is 9.45. The zero-order valence-corrected chi connectivity index (χ0v) is 13.5. The molecule has 1 fully saturated rings. The molecule has 0 aromatic heterocycles. The summed E-state index contributed by atoms with van der Waals surface area (Å²) in [5, 5.41) is 14.3. The van der Waals surface area contributed by atoms with E-state index in [2.05, 4.69) is 24.1 Å². The van der Waals surface area contributed by atoms with Crippen molar-refractivity contribution in [2.24, 2.45) is 5.41 Å². The maximum absolute atomic E-state index is 9.78. The number of aliphatic hydroxyl groups excluding tert-OH is 1. The van der Waals surface area contributed by atoms with Crippen LogP contribution in [0.1, 0.15) is 25.5 Å². The Bertz CT molecular complexity index is 459. The fourth-order valence-corrected chi connectivity index (χ4v) is 3.17. The van der Waals surface area contributed by atoms with E-state index in [-0.39, 0.29) is 18.1 Å². The van der Waals surface area contributed by atoms with Crippen molar-refractivity contribution in [2.75, 3.05) is 32.8 Å². The van der Waals surface area contributed by atoms with E-state index in [9.17, 15) is 5.11 Å². The molecule has 112 valence electrons. The molecule has 1 aliphatic heterocycles. The lowest BCUT2D eigenvalue weighted by Crippen LogP contribution is -2.49. The molecule has 2 N–H and O–H groups in total. The van der Waals surface area contributed by atoms with Gasteiger partial charge in [-0.2, -0.15) is 0 Å². The van der Waals surface area contributed by atoms with Crippen LogP contribution < -0.4 is 5.32 Å². The SMILES string of the molecule is CC(C)(CO)[C@@H](c1ccc(Cl)c(Cl)c1)N1CCNCC1. The van der Waals surface area contributed by atoms with Crippen molar-refractivity contribution in [1.82, 2.24) is 10.2 Å². The first-order valence-corrected chi connectivity index (χ1v) is 7.72. The lowest BCUT2D eigenvalue weighted by atomic mass is 9.80. The van der Waals surface area contributed by atoms with E-state index in [0.29, 0.717) is 10.0 Å². The van der Waals surface area contributed by atoms with Gasteiger partial charge >= 0.3 is 0 Å². The molecule has 1 heterocycles. The Balaban J connectivity index is 2.36. The Morgan fingerprint density at radius 3 is 2.45 bits per heavy atom. The van der Waals surface area contributed by atoms with Gasteiger partial charge in [0.05, 0.1) is 10.0 Å². The van der Waals surface area contributed by atoms with E-state index >= 15 is 0 Å². The second-order valence-corrected chi connectivity index (χ2v) is 6.82. The molecular formula is C15H22Cl2N2O. The molecule has 20 heavy (non-hydrogen) atoms. The number of hydrogen-bond acceptors (Lipinski definition) is 3. The van der Waals surface area contributed by atoms with Crippen LogP contribution >= 0.6 is 23.2 Å². The molecular weight excluding hydrogens is 295 g/mol. The Kier molecular flexibility index (Phi) is 5.32. The van der Waals surface area contributed by atoms with E-state index in [1.165, 1.54) is 0 Å². The first kappa shape index (κ1) is 16.1. The summed E-state index contributed by atoms with van der Waals surface area (Å²) in [6.45, 7) is 8.17. The lowest BCUT2D eigenvalue weighted by molar-refractivity contribution is 0.0305. The minimum atomic E-state index is -0.242. The van der Waals surface area contributed by atoms with Crippen LogP contribution in [0.15, 0.2) is 18.2 Å².